The van der Waals surface area contributed by atoms with Gasteiger partial charge in [-0.3, -0.25) is 4.90 Å². The summed E-state index contributed by atoms with van der Waals surface area (Å²) >= 11 is 0. The smallest absolute Gasteiger partial charge is 0.130 e. The molecular formula is C22H22N6. The second-order valence-electron chi connectivity index (χ2n) is 6.82. The van der Waals surface area contributed by atoms with Crippen molar-refractivity contribution in [2.75, 3.05) is 36.4 Å². The van der Waals surface area contributed by atoms with Crippen molar-refractivity contribution in [3.63, 3.8) is 0 Å². The fourth-order valence-corrected chi connectivity index (χ4v) is 3.31. The van der Waals surface area contributed by atoms with Crippen LogP contribution >= 0.6 is 0 Å². The molecule has 3 heterocycles. The van der Waals surface area contributed by atoms with Crippen molar-refractivity contribution >= 4 is 17.3 Å². The van der Waals surface area contributed by atoms with E-state index in [4.69, 9.17) is 5.26 Å². The van der Waals surface area contributed by atoms with Crippen molar-refractivity contribution in [1.82, 2.24) is 14.9 Å². The Balaban J connectivity index is 1.29. The van der Waals surface area contributed by atoms with E-state index in [0.29, 0.717) is 5.56 Å². The van der Waals surface area contributed by atoms with E-state index in [2.05, 4.69) is 61.5 Å². The molecule has 1 aliphatic rings. The third kappa shape index (κ3) is 4.45. The Morgan fingerprint density at radius 1 is 0.929 bits per heavy atom. The molecule has 3 aromatic rings. The first-order valence-electron chi connectivity index (χ1n) is 9.40. The monoisotopic (exact) mass is 370 g/mol. The predicted molar refractivity (Wildman–Crippen MR) is 110 cm³/mol. The number of aromatic nitrogens is 2. The van der Waals surface area contributed by atoms with Gasteiger partial charge in [0.15, 0.2) is 0 Å². The quantitative estimate of drug-likeness (QED) is 0.742. The molecule has 0 amide bonds. The molecular weight excluding hydrogens is 348 g/mol. The van der Waals surface area contributed by atoms with Gasteiger partial charge in [0.25, 0.3) is 0 Å². The Labute approximate surface area is 165 Å². The number of hydrogen-bond donors (Lipinski definition) is 1. The number of nitriles is 1. The van der Waals surface area contributed by atoms with E-state index in [0.717, 1.165) is 50.0 Å². The third-order valence-electron chi connectivity index (χ3n) is 4.87. The topological polar surface area (TPSA) is 68.1 Å². The second kappa shape index (κ2) is 8.51. The minimum absolute atomic E-state index is 0.559. The number of rotatable bonds is 5. The molecule has 6 heteroatoms. The van der Waals surface area contributed by atoms with Crippen molar-refractivity contribution in [2.24, 2.45) is 0 Å². The zero-order chi connectivity index (χ0) is 19.2. The summed E-state index contributed by atoms with van der Waals surface area (Å²) in [7, 11) is 0. The highest BCUT2D eigenvalue weighted by Gasteiger charge is 2.17. The lowest BCUT2D eigenvalue weighted by molar-refractivity contribution is 0.249. The van der Waals surface area contributed by atoms with Crippen LogP contribution in [0.2, 0.25) is 0 Å². The summed E-state index contributed by atoms with van der Waals surface area (Å²) in [4.78, 5) is 13.5. The van der Waals surface area contributed by atoms with Crippen LogP contribution in [0.25, 0.3) is 0 Å². The molecule has 0 radical (unpaired) electrons. The van der Waals surface area contributed by atoms with Gasteiger partial charge in [0.2, 0.25) is 0 Å². The normalized spacial score (nSPS) is 14.5. The van der Waals surface area contributed by atoms with Gasteiger partial charge >= 0.3 is 0 Å². The SMILES string of the molecule is N#Cc1ccc(Nc2ccc(CN3CCN(c4ccccn4)CC3)cc2)nc1. The van der Waals surface area contributed by atoms with Crippen LogP contribution in [-0.2, 0) is 6.54 Å². The Morgan fingerprint density at radius 3 is 2.39 bits per heavy atom. The van der Waals surface area contributed by atoms with E-state index in [1.807, 2.05) is 24.4 Å². The Hall–Kier alpha value is -3.43. The number of anilines is 3. The minimum atomic E-state index is 0.559. The number of hydrogen-bond acceptors (Lipinski definition) is 6. The highest BCUT2D eigenvalue weighted by atomic mass is 15.3. The first kappa shape index (κ1) is 18.0. The van der Waals surface area contributed by atoms with Crippen LogP contribution in [0.5, 0.6) is 0 Å². The molecule has 0 unspecified atom stereocenters. The Bertz CT molecular complexity index is 924. The van der Waals surface area contributed by atoms with E-state index in [1.165, 1.54) is 5.56 Å². The first-order valence-corrected chi connectivity index (χ1v) is 9.40. The van der Waals surface area contributed by atoms with Crippen molar-refractivity contribution in [3.8, 4) is 6.07 Å². The largest absolute Gasteiger partial charge is 0.354 e. The van der Waals surface area contributed by atoms with E-state index < -0.39 is 0 Å². The van der Waals surface area contributed by atoms with Gasteiger partial charge in [0, 0.05) is 50.8 Å². The summed E-state index contributed by atoms with van der Waals surface area (Å²) in [5.41, 5.74) is 2.84. The van der Waals surface area contributed by atoms with Gasteiger partial charge in [-0.1, -0.05) is 18.2 Å². The number of nitrogens with one attached hydrogen (secondary N) is 1. The molecule has 0 bridgehead atoms. The lowest BCUT2D eigenvalue weighted by atomic mass is 10.1. The lowest BCUT2D eigenvalue weighted by Crippen LogP contribution is -2.46. The standard InChI is InChI=1S/C22H22N6/c23-15-19-6-9-21(25-16-19)26-20-7-4-18(5-8-20)17-27-11-13-28(14-12-27)22-3-1-2-10-24-22/h1-10,16H,11-14,17H2,(H,25,26). The molecule has 1 saturated heterocycles. The Kier molecular flexibility index (Phi) is 5.46. The average Bonchev–Trinajstić information content (AvgIpc) is 2.77. The molecule has 1 fully saturated rings. The molecule has 4 rings (SSSR count). The van der Waals surface area contributed by atoms with E-state index in [9.17, 15) is 0 Å². The number of piperazine rings is 1. The van der Waals surface area contributed by atoms with Gasteiger partial charge in [0.05, 0.1) is 5.56 Å². The lowest BCUT2D eigenvalue weighted by Gasteiger charge is -2.35. The van der Waals surface area contributed by atoms with Crippen LogP contribution in [0, 0.1) is 11.3 Å². The maximum absolute atomic E-state index is 8.84. The van der Waals surface area contributed by atoms with Crippen LogP contribution in [0.15, 0.2) is 67.0 Å². The molecule has 1 N–H and O–H groups in total. The minimum Gasteiger partial charge on any atom is -0.354 e. The van der Waals surface area contributed by atoms with Crippen LogP contribution in [0.1, 0.15) is 11.1 Å². The number of nitrogens with zero attached hydrogens (tertiary/aromatic N) is 5. The van der Waals surface area contributed by atoms with Crippen LogP contribution in [0.3, 0.4) is 0 Å². The van der Waals surface area contributed by atoms with Gasteiger partial charge < -0.3 is 10.2 Å². The van der Waals surface area contributed by atoms with Crippen molar-refractivity contribution in [2.45, 2.75) is 6.54 Å². The molecule has 2 aromatic heterocycles. The molecule has 28 heavy (non-hydrogen) atoms. The molecule has 140 valence electrons. The van der Waals surface area contributed by atoms with Crippen LogP contribution in [-0.4, -0.2) is 41.0 Å². The van der Waals surface area contributed by atoms with Crippen molar-refractivity contribution in [1.29, 1.82) is 5.26 Å². The van der Waals surface area contributed by atoms with Gasteiger partial charge in [-0.2, -0.15) is 5.26 Å². The highest BCUT2D eigenvalue weighted by molar-refractivity contribution is 5.56. The molecule has 0 saturated carbocycles. The zero-order valence-corrected chi connectivity index (χ0v) is 15.6. The summed E-state index contributed by atoms with van der Waals surface area (Å²) in [6, 6.07) is 20.2. The van der Waals surface area contributed by atoms with Gasteiger partial charge in [-0.15, -0.1) is 0 Å². The Morgan fingerprint density at radius 2 is 1.75 bits per heavy atom. The molecule has 1 aliphatic heterocycles. The van der Waals surface area contributed by atoms with Gasteiger partial charge in [-0.25, -0.2) is 9.97 Å². The van der Waals surface area contributed by atoms with Crippen molar-refractivity contribution < 1.29 is 0 Å². The summed E-state index contributed by atoms with van der Waals surface area (Å²) in [5, 5.41) is 12.1. The predicted octanol–water partition coefficient (Wildman–Crippen LogP) is 3.41. The molecule has 6 nitrogen and oxygen atoms in total. The second-order valence-corrected chi connectivity index (χ2v) is 6.82. The van der Waals surface area contributed by atoms with Crippen LogP contribution in [0.4, 0.5) is 17.3 Å². The first-order chi connectivity index (χ1) is 13.8. The number of pyridine rings is 2. The highest BCUT2D eigenvalue weighted by Crippen LogP contribution is 2.18. The third-order valence-corrected chi connectivity index (χ3v) is 4.87. The number of benzene rings is 1. The molecule has 0 aliphatic carbocycles. The zero-order valence-electron chi connectivity index (χ0n) is 15.6. The van der Waals surface area contributed by atoms with Gasteiger partial charge in [-0.05, 0) is 42.0 Å². The maximum Gasteiger partial charge on any atom is 0.130 e. The fraction of sp³-hybridized carbons (Fsp3) is 0.227. The molecule has 0 spiro atoms. The van der Waals surface area contributed by atoms with Crippen LogP contribution < -0.4 is 10.2 Å². The van der Waals surface area contributed by atoms with E-state index in [-0.39, 0.29) is 0 Å². The summed E-state index contributed by atoms with van der Waals surface area (Å²) in [6.45, 7) is 5.02. The molecule has 0 atom stereocenters. The summed E-state index contributed by atoms with van der Waals surface area (Å²) in [6.07, 6.45) is 3.42. The van der Waals surface area contributed by atoms with E-state index in [1.54, 1.807) is 12.3 Å². The fourth-order valence-electron chi connectivity index (χ4n) is 3.31. The summed E-state index contributed by atoms with van der Waals surface area (Å²) in [5.74, 6) is 1.80. The van der Waals surface area contributed by atoms with E-state index >= 15 is 0 Å². The summed E-state index contributed by atoms with van der Waals surface area (Å²) < 4.78 is 0. The average molecular weight is 370 g/mol. The van der Waals surface area contributed by atoms with Crippen molar-refractivity contribution in [3.05, 3.63) is 78.1 Å². The van der Waals surface area contributed by atoms with Gasteiger partial charge in [0.1, 0.15) is 17.7 Å². The molecule has 1 aromatic carbocycles. The maximum atomic E-state index is 8.84.